The molecule has 6 nitrogen and oxygen atoms in total. The molecule has 0 radical (unpaired) electrons. The third kappa shape index (κ3) is 4.18. The van der Waals surface area contributed by atoms with Gasteiger partial charge < -0.3 is 9.72 Å². The minimum Gasteiger partial charge on any atom is -0.406 e. The Morgan fingerprint density at radius 2 is 1.93 bits per heavy atom. The predicted octanol–water partition coefficient (Wildman–Crippen LogP) is 4.80. The number of alkyl halides is 3. The molecular formula is C20H12F3N3O3S. The molecule has 0 unspecified atom stereocenters. The molecule has 4 aromatic rings. The molecule has 0 fully saturated rings. The number of halogens is 3. The number of carbonyl (C=O) groups excluding carboxylic acids is 1. The maximum Gasteiger partial charge on any atom is 0.573 e. The van der Waals surface area contributed by atoms with Gasteiger partial charge in [0.1, 0.15) is 5.75 Å². The highest BCUT2D eigenvalue weighted by atomic mass is 32.1. The van der Waals surface area contributed by atoms with Gasteiger partial charge in [-0.15, -0.1) is 24.5 Å². The molecule has 2 aromatic carbocycles. The molecule has 0 bridgehead atoms. The van der Waals surface area contributed by atoms with Crippen LogP contribution in [-0.4, -0.2) is 22.2 Å². The number of rotatable bonds is 4. The lowest BCUT2D eigenvalue weighted by Gasteiger charge is -2.11. The van der Waals surface area contributed by atoms with E-state index in [1.807, 2.05) is 0 Å². The van der Waals surface area contributed by atoms with Gasteiger partial charge in [0.15, 0.2) is 10.6 Å². The van der Waals surface area contributed by atoms with E-state index in [0.717, 1.165) is 12.1 Å². The fraction of sp³-hybridized carbons (Fsp3) is 0.0500. The van der Waals surface area contributed by atoms with Gasteiger partial charge in [-0.05, 0) is 24.3 Å². The molecule has 4 rings (SSSR count). The van der Waals surface area contributed by atoms with E-state index >= 15 is 0 Å². The quantitative estimate of drug-likeness (QED) is 0.486. The Balaban J connectivity index is 1.79. The second-order valence-corrected chi connectivity index (χ2v) is 7.04. The molecule has 0 saturated carbocycles. The molecule has 2 heterocycles. The number of benzene rings is 2. The summed E-state index contributed by atoms with van der Waals surface area (Å²) in [6.07, 6.45) is -3.30. The van der Waals surface area contributed by atoms with Crippen molar-refractivity contribution in [3.05, 3.63) is 75.9 Å². The Labute approximate surface area is 171 Å². The number of H-pyrrole nitrogens is 1. The van der Waals surface area contributed by atoms with Crippen LogP contribution in [0.3, 0.4) is 0 Å². The van der Waals surface area contributed by atoms with Gasteiger partial charge in [-0.25, -0.2) is 4.98 Å². The summed E-state index contributed by atoms with van der Waals surface area (Å²) < 4.78 is 41.5. The van der Waals surface area contributed by atoms with Gasteiger partial charge in [0.05, 0.1) is 11.1 Å². The largest absolute Gasteiger partial charge is 0.573 e. The number of hydrogen-bond donors (Lipinski definition) is 2. The highest BCUT2D eigenvalue weighted by Gasteiger charge is 2.31. The van der Waals surface area contributed by atoms with Crippen LogP contribution in [0.5, 0.6) is 5.75 Å². The molecule has 30 heavy (non-hydrogen) atoms. The molecule has 0 aliphatic heterocycles. The number of aromatic amines is 1. The molecule has 0 aliphatic rings. The lowest BCUT2D eigenvalue weighted by molar-refractivity contribution is -0.274. The van der Waals surface area contributed by atoms with Gasteiger partial charge in [-0.3, -0.25) is 14.9 Å². The Kier molecular flexibility index (Phi) is 5.00. The van der Waals surface area contributed by atoms with Crippen LogP contribution in [0.2, 0.25) is 0 Å². The molecule has 1 amide bonds. The summed E-state index contributed by atoms with van der Waals surface area (Å²) in [4.78, 5) is 32.3. The normalized spacial score (nSPS) is 11.4. The molecular weight excluding hydrogens is 419 g/mol. The van der Waals surface area contributed by atoms with Crippen molar-refractivity contribution >= 4 is 33.3 Å². The van der Waals surface area contributed by atoms with Crippen LogP contribution in [-0.2, 0) is 0 Å². The first-order chi connectivity index (χ1) is 14.3. The van der Waals surface area contributed by atoms with Crippen molar-refractivity contribution in [2.24, 2.45) is 0 Å². The van der Waals surface area contributed by atoms with E-state index in [-0.39, 0.29) is 27.6 Å². The highest BCUT2D eigenvalue weighted by molar-refractivity contribution is 7.13. The first kappa shape index (κ1) is 19.6. The highest BCUT2D eigenvalue weighted by Crippen LogP contribution is 2.28. The zero-order valence-electron chi connectivity index (χ0n) is 15.0. The molecule has 10 heteroatoms. The topological polar surface area (TPSA) is 84.1 Å². The third-order valence-electron chi connectivity index (χ3n) is 4.14. The predicted molar refractivity (Wildman–Crippen MR) is 107 cm³/mol. The number of nitrogens with zero attached hydrogens (tertiary/aromatic N) is 1. The number of ether oxygens (including phenoxy) is 1. The van der Waals surface area contributed by atoms with Crippen molar-refractivity contribution < 1.29 is 22.7 Å². The van der Waals surface area contributed by atoms with Crippen molar-refractivity contribution in [1.82, 2.24) is 9.97 Å². The molecule has 0 atom stereocenters. The number of aromatic nitrogens is 2. The van der Waals surface area contributed by atoms with Crippen molar-refractivity contribution in [2.75, 3.05) is 5.32 Å². The summed E-state index contributed by atoms with van der Waals surface area (Å²) in [5.74, 6) is -0.895. The number of carbonyl (C=O) groups is 1. The molecule has 2 aromatic heterocycles. The summed E-state index contributed by atoms with van der Waals surface area (Å²) in [7, 11) is 0. The maximum absolute atomic E-state index is 12.7. The van der Waals surface area contributed by atoms with Crippen molar-refractivity contribution in [1.29, 1.82) is 0 Å². The maximum atomic E-state index is 12.7. The molecule has 152 valence electrons. The summed E-state index contributed by atoms with van der Waals surface area (Å²) in [5, 5.41) is 5.02. The Hall–Kier alpha value is -3.66. The van der Waals surface area contributed by atoms with Crippen molar-refractivity contribution in [2.45, 2.75) is 6.36 Å². The van der Waals surface area contributed by atoms with Crippen LogP contribution in [0, 0.1) is 0 Å². The summed E-state index contributed by atoms with van der Waals surface area (Å²) in [5.41, 5.74) is 0.617. The summed E-state index contributed by atoms with van der Waals surface area (Å²) in [6, 6.07) is 11.1. The molecule has 0 saturated heterocycles. The van der Waals surface area contributed by atoms with Crippen LogP contribution < -0.4 is 15.5 Å². The van der Waals surface area contributed by atoms with Gasteiger partial charge in [-0.2, -0.15) is 0 Å². The van der Waals surface area contributed by atoms with Crippen LogP contribution >= 0.6 is 11.3 Å². The number of nitrogens with one attached hydrogen (secondary N) is 2. The van der Waals surface area contributed by atoms with Gasteiger partial charge >= 0.3 is 6.36 Å². The molecule has 0 aliphatic carbocycles. The van der Waals surface area contributed by atoms with Gasteiger partial charge in [0.2, 0.25) is 0 Å². The van der Waals surface area contributed by atoms with Crippen LogP contribution in [0.25, 0.3) is 22.2 Å². The average molecular weight is 431 g/mol. The molecule has 0 spiro atoms. The van der Waals surface area contributed by atoms with E-state index in [1.54, 1.807) is 23.7 Å². The Morgan fingerprint density at radius 1 is 1.13 bits per heavy atom. The van der Waals surface area contributed by atoms with E-state index in [4.69, 9.17) is 0 Å². The van der Waals surface area contributed by atoms with Gasteiger partial charge in [-0.1, -0.05) is 18.2 Å². The number of anilines is 1. The number of pyridine rings is 1. The number of thiazole rings is 1. The lowest BCUT2D eigenvalue weighted by Crippen LogP contribution is -2.17. The standard InChI is InChI=1S/C20H12F3N3O3S/c21-20(22,23)29-12-4-1-3-11(9-12)15-10-16(27)13-5-2-6-14(17(13)25-15)18(28)26-19-24-7-8-30-19/h1-10H,(H,25,27)(H,24,26,28). The number of fused-ring (bicyclic) bond motifs is 1. The lowest BCUT2D eigenvalue weighted by atomic mass is 10.1. The second kappa shape index (κ2) is 7.64. The smallest absolute Gasteiger partial charge is 0.406 e. The fourth-order valence-corrected chi connectivity index (χ4v) is 3.45. The average Bonchev–Trinajstić information content (AvgIpc) is 3.19. The summed E-state index contributed by atoms with van der Waals surface area (Å²) >= 11 is 1.24. The van der Waals surface area contributed by atoms with Gasteiger partial charge in [0.25, 0.3) is 5.91 Å². The Morgan fingerprint density at radius 3 is 2.67 bits per heavy atom. The van der Waals surface area contributed by atoms with Gasteiger partial charge in [0, 0.05) is 34.3 Å². The van der Waals surface area contributed by atoms with Crippen molar-refractivity contribution in [3.63, 3.8) is 0 Å². The fourth-order valence-electron chi connectivity index (χ4n) is 2.93. The first-order valence-electron chi connectivity index (χ1n) is 8.53. The van der Waals surface area contributed by atoms with Crippen LogP contribution in [0.4, 0.5) is 18.3 Å². The van der Waals surface area contributed by atoms with E-state index in [0.29, 0.717) is 10.7 Å². The van der Waals surface area contributed by atoms with Crippen LogP contribution in [0.1, 0.15) is 10.4 Å². The van der Waals surface area contributed by atoms with E-state index in [1.165, 1.54) is 35.6 Å². The molecule has 2 N–H and O–H groups in total. The van der Waals surface area contributed by atoms with E-state index in [2.05, 4.69) is 20.0 Å². The second-order valence-electron chi connectivity index (χ2n) is 6.14. The summed E-state index contributed by atoms with van der Waals surface area (Å²) in [6.45, 7) is 0. The third-order valence-corrected chi connectivity index (χ3v) is 4.83. The number of hydrogen-bond acceptors (Lipinski definition) is 5. The van der Waals surface area contributed by atoms with E-state index in [9.17, 15) is 22.8 Å². The SMILES string of the molecule is O=C(Nc1nccs1)c1cccc2c(=O)cc(-c3cccc(OC(F)(F)F)c3)[nH]c12. The minimum absolute atomic E-state index is 0.198. The Bertz CT molecular complexity index is 1280. The zero-order chi connectivity index (χ0) is 21.3. The van der Waals surface area contributed by atoms with Crippen molar-refractivity contribution in [3.8, 4) is 17.0 Å². The first-order valence-corrected chi connectivity index (χ1v) is 9.41. The number of amides is 1. The van der Waals surface area contributed by atoms with E-state index < -0.39 is 18.0 Å². The minimum atomic E-state index is -4.84. The number of para-hydroxylation sites is 1. The van der Waals surface area contributed by atoms with Crippen LogP contribution in [0.15, 0.2) is 64.9 Å². The monoisotopic (exact) mass is 431 g/mol. The zero-order valence-corrected chi connectivity index (χ0v) is 15.8.